The smallest absolute Gasteiger partial charge is 0.161 e. The summed E-state index contributed by atoms with van der Waals surface area (Å²) in [4.78, 5) is 0. The van der Waals surface area contributed by atoms with Gasteiger partial charge in [0.15, 0.2) is 5.75 Å². The Kier molecular flexibility index (Phi) is 5.31. The van der Waals surface area contributed by atoms with Gasteiger partial charge in [-0.15, -0.1) is 0 Å². The van der Waals surface area contributed by atoms with E-state index in [9.17, 15) is 0 Å². The molecule has 1 unspecified atom stereocenters. The molecule has 0 amide bonds. The molecule has 1 aliphatic carbocycles. The number of aromatic nitrogens is 2. The maximum atomic E-state index is 5.56. The van der Waals surface area contributed by atoms with Crippen LogP contribution in [0.1, 0.15) is 65.1 Å². The molecule has 0 spiro atoms. The minimum Gasteiger partial charge on any atom is -0.493 e. The zero-order valence-corrected chi connectivity index (χ0v) is 14.3. The maximum Gasteiger partial charge on any atom is 0.161 e. The van der Waals surface area contributed by atoms with Gasteiger partial charge < -0.3 is 10.1 Å². The largest absolute Gasteiger partial charge is 0.493 e. The van der Waals surface area contributed by atoms with Crippen LogP contribution in [0.25, 0.3) is 0 Å². The standard InChI is InChI=1S/C17H31N3O/c1-6-18-15(13-8-10-17(3,4)11-9-13)16-14(21-5)12-19-20(16)7-2/h12-13,15,18H,6-11H2,1-5H3. The van der Waals surface area contributed by atoms with E-state index < -0.39 is 0 Å². The minimum absolute atomic E-state index is 0.350. The Hall–Kier alpha value is -1.03. The number of hydrogen-bond acceptors (Lipinski definition) is 3. The van der Waals surface area contributed by atoms with Crippen molar-refractivity contribution in [1.29, 1.82) is 0 Å². The first kappa shape index (κ1) is 16.3. The molecule has 0 aromatic carbocycles. The molecular formula is C17H31N3O. The van der Waals surface area contributed by atoms with Crippen molar-refractivity contribution in [3.63, 3.8) is 0 Å². The van der Waals surface area contributed by atoms with Crippen molar-refractivity contribution in [2.24, 2.45) is 11.3 Å². The third-order valence-corrected chi connectivity index (χ3v) is 4.94. The summed E-state index contributed by atoms with van der Waals surface area (Å²) < 4.78 is 7.65. The van der Waals surface area contributed by atoms with E-state index in [1.54, 1.807) is 7.11 Å². The highest BCUT2D eigenvalue weighted by atomic mass is 16.5. The lowest BCUT2D eigenvalue weighted by molar-refractivity contribution is 0.157. The van der Waals surface area contributed by atoms with Crippen LogP contribution in [0.5, 0.6) is 5.75 Å². The fraction of sp³-hybridized carbons (Fsp3) is 0.824. The molecule has 120 valence electrons. The van der Waals surface area contributed by atoms with E-state index in [2.05, 4.69) is 42.8 Å². The molecule has 1 aromatic heterocycles. The maximum absolute atomic E-state index is 5.56. The molecule has 1 saturated carbocycles. The average molecular weight is 293 g/mol. The number of methoxy groups -OCH3 is 1. The van der Waals surface area contributed by atoms with E-state index in [1.165, 1.54) is 31.4 Å². The Morgan fingerprint density at radius 1 is 1.38 bits per heavy atom. The van der Waals surface area contributed by atoms with Gasteiger partial charge in [-0.3, -0.25) is 4.68 Å². The van der Waals surface area contributed by atoms with Gasteiger partial charge in [0.2, 0.25) is 0 Å². The number of aryl methyl sites for hydroxylation is 1. The Morgan fingerprint density at radius 2 is 2.05 bits per heavy atom. The number of ether oxygens (including phenoxy) is 1. The number of hydrogen-bond donors (Lipinski definition) is 1. The second kappa shape index (κ2) is 6.82. The van der Waals surface area contributed by atoms with E-state index in [0.717, 1.165) is 18.8 Å². The summed E-state index contributed by atoms with van der Waals surface area (Å²) in [5, 5.41) is 8.17. The first-order valence-electron chi connectivity index (χ1n) is 8.35. The quantitative estimate of drug-likeness (QED) is 0.867. The van der Waals surface area contributed by atoms with Crippen LogP contribution in [-0.2, 0) is 6.54 Å². The Labute approximate surface area is 129 Å². The molecule has 0 bridgehead atoms. The van der Waals surface area contributed by atoms with E-state index in [0.29, 0.717) is 17.4 Å². The van der Waals surface area contributed by atoms with Crippen LogP contribution < -0.4 is 10.1 Å². The van der Waals surface area contributed by atoms with E-state index in [-0.39, 0.29) is 0 Å². The van der Waals surface area contributed by atoms with E-state index in [4.69, 9.17) is 4.74 Å². The lowest BCUT2D eigenvalue weighted by Gasteiger charge is -2.38. The fourth-order valence-corrected chi connectivity index (χ4v) is 3.56. The highest BCUT2D eigenvalue weighted by Crippen LogP contribution is 2.44. The Balaban J connectivity index is 2.25. The zero-order chi connectivity index (χ0) is 15.5. The molecule has 0 aliphatic heterocycles. The van der Waals surface area contributed by atoms with Crippen LogP contribution in [0.4, 0.5) is 0 Å². The summed E-state index contributed by atoms with van der Waals surface area (Å²) in [5.41, 5.74) is 1.73. The van der Waals surface area contributed by atoms with Crippen molar-refractivity contribution >= 4 is 0 Å². The second-order valence-electron chi connectivity index (χ2n) is 6.95. The Bertz CT molecular complexity index is 421. The van der Waals surface area contributed by atoms with Crippen molar-refractivity contribution < 1.29 is 4.74 Å². The van der Waals surface area contributed by atoms with Crippen LogP contribution in [0.3, 0.4) is 0 Å². The summed E-state index contributed by atoms with van der Waals surface area (Å²) in [6, 6.07) is 0.350. The van der Waals surface area contributed by atoms with Gasteiger partial charge in [0.1, 0.15) is 0 Å². The SMILES string of the molecule is CCNC(c1c(OC)cnn1CC)C1CCC(C)(C)CC1. The van der Waals surface area contributed by atoms with Crippen LogP contribution in [0, 0.1) is 11.3 Å². The van der Waals surface area contributed by atoms with Gasteiger partial charge in [-0.05, 0) is 50.5 Å². The fourth-order valence-electron chi connectivity index (χ4n) is 3.56. The van der Waals surface area contributed by atoms with E-state index in [1.807, 2.05) is 6.20 Å². The molecule has 4 nitrogen and oxygen atoms in total. The van der Waals surface area contributed by atoms with Gasteiger partial charge in [-0.25, -0.2) is 0 Å². The first-order chi connectivity index (χ1) is 10.0. The lowest BCUT2D eigenvalue weighted by Crippen LogP contribution is -2.34. The molecule has 1 N–H and O–H groups in total. The van der Waals surface area contributed by atoms with Gasteiger partial charge in [-0.2, -0.15) is 5.10 Å². The molecule has 1 heterocycles. The summed E-state index contributed by atoms with van der Waals surface area (Å²) in [6.07, 6.45) is 7.03. The summed E-state index contributed by atoms with van der Waals surface area (Å²) in [7, 11) is 1.74. The lowest BCUT2D eigenvalue weighted by atomic mass is 9.70. The monoisotopic (exact) mass is 293 g/mol. The third-order valence-electron chi connectivity index (χ3n) is 4.94. The van der Waals surface area contributed by atoms with Crippen LogP contribution in [-0.4, -0.2) is 23.4 Å². The molecule has 0 radical (unpaired) electrons. The number of nitrogens with zero attached hydrogens (tertiary/aromatic N) is 2. The van der Waals surface area contributed by atoms with Gasteiger partial charge in [0.05, 0.1) is 25.0 Å². The highest BCUT2D eigenvalue weighted by Gasteiger charge is 2.34. The molecule has 1 aromatic rings. The Morgan fingerprint density at radius 3 is 2.57 bits per heavy atom. The van der Waals surface area contributed by atoms with Crippen molar-refractivity contribution in [3.8, 4) is 5.75 Å². The van der Waals surface area contributed by atoms with Crippen molar-refractivity contribution in [1.82, 2.24) is 15.1 Å². The van der Waals surface area contributed by atoms with Crippen molar-refractivity contribution in [2.75, 3.05) is 13.7 Å². The van der Waals surface area contributed by atoms with Crippen LogP contribution in [0.2, 0.25) is 0 Å². The molecule has 2 rings (SSSR count). The normalized spacial score (nSPS) is 20.4. The topological polar surface area (TPSA) is 39.1 Å². The van der Waals surface area contributed by atoms with Crippen molar-refractivity contribution in [3.05, 3.63) is 11.9 Å². The zero-order valence-electron chi connectivity index (χ0n) is 14.3. The molecular weight excluding hydrogens is 262 g/mol. The van der Waals surface area contributed by atoms with Gasteiger partial charge >= 0.3 is 0 Å². The van der Waals surface area contributed by atoms with Crippen LogP contribution in [0.15, 0.2) is 6.20 Å². The number of nitrogens with one attached hydrogen (secondary N) is 1. The average Bonchev–Trinajstić information content (AvgIpc) is 2.88. The molecule has 1 atom stereocenters. The summed E-state index contributed by atoms with van der Waals surface area (Å²) in [6.45, 7) is 11.0. The van der Waals surface area contributed by atoms with Crippen molar-refractivity contribution in [2.45, 2.75) is 66.0 Å². The summed E-state index contributed by atoms with van der Waals surface area (Å²) >= 11 is 0. The minimum atomic E-state index is 0.350. The van der Waals surface area contributed by atoms with Gasteiger partial charge in [0.25, 0.3) is 0 Å². The molecule has 21 heavy (non-hydrogen) atoms. The molecule has 4 heteroatoms. The number of rotatable bonds is 6. The molecule has 1 aliphatic rings. The molecule has 0 saturated heterocycles. The van der Waals surface area contributed by atoms with Crippen LogP contribution >= 0.6 is 0 Å². The summed E-state index contributed by atoms with van der Waals surface area (Å²) in [5.74, 6) is 1.60. The first-order valence-corrected chi connectivity index (χ1v) is 8.35. The highest BCUT2D eigenvalue weighted by molar-refractivity contribution is 5.29. The van der Waals surface area contributed by atoms with Gasteiger partial charge in [-0.1, -0.05) is 20.8 Å². The molecule has 1 fully saturated rings. The third kappa shape index (κ3) is 3.60. The second-order valence-corrected chi connectivity index (χ2v) is 6.95. The van der Waals surface area contributed by atoms with Gasteiger partial charge in [0, 0.05) is 6.54 Å². The predicted molar refractivity (Wildman–Crippen MR) is 86.6 cm³/mol. The predicted octanol–water partition coefficient (Wildman–Crippen LogP) is 3.78. The van der Waals surface area contributed by atoms with E-state index >= 15 is 0 Å².